The largest absolute Gasteiger partial charge is 0.335 e. The number of nitriles is 1. The number of hydrogen-bond acceptors (Lipinski definition) is 2. The second kappa shape index (κ2) is 6.56. The molecular weight excluding hydrogens is 248 g/mol. The number of carbonyl (C=O) groups excluding carboxylic acids is 1. The number of nitrogens with zero attached hydrogens (tertiary/aromatic N) is 2. The number of benzene rings is 1. The normalized spacial score (nSPS) is 15.3. The van der Waals surface area contributed by atoms with Crippen molar-refractivity contribution in [3.63, 3.8) is 0 Å². The maximum Gasteiger partial charge on any atom is 0.254 e. The fraction of sp³-hybridized carbons (Fsp3) is 0.529. The summed E-state index contributed by atoms with van der Waals surface area (Å²) < 4.78 is 0. The summed E-state index contributed by atoms with van der Waals surface area (Å²) in [6.45, 7) is 5.10. The standard InChI is InChI=1S/C17H22N2O/c1-13(2)12-19(16-5-3-4-6-16)17(20)15-9-7-14(11-18)8-10-15/h7-10,13,16H,3-6,12H2,1-2H3. The lowest BCUT2D eigenvalue weighted by Gasteiger charge is -2.30. The average molecular weight is 270 g/mol. The van der Waals surface area contributed by atoms with Gasteiger partial charge in [-0.2, -0.15) is 5.26 Å². The van der Waals surface area contributed by atoms with E-state index in [-0.39, 0.29) is 5.91 Å². The van der Waals surface area contributed by atoms with Crippen molar-refractivity contribution >= 4 is 5.91 Å². The Balaban J connectivity index is 2.18. The van der Waals surface area contributed by atoms with Crippen molar-refractivity contribution in [1.82, 2.24) is 4.90 Å². The Bertz CT molecular complexity index is 493. The highest BCUT2D eigenvalue weighted by Crippen LogP contribution is 2.25. The molecule has 1 fully saturated rings. The lowest BCUT2D eigenvalue weighted by molar-refractivity contribution is 0.0655. The molecule has 0 aliphatic heterocycles. The molecule has 3 nitrogen and oxygen atoms in total. The van der Waals surface area contributed by atoms with Crippen molar-refractivity contribution in [2.24, 2.45) is 5.92 Å². The summed E-state index contributed by atoms with van der Waals surface area (Å²) in [5.41, 5.74) is 1.29. The van der Waals surface area contributed by atoms with Gasteiger partial charge in [-0.15, -0.1) is 0 Å². The van der Waals surface area contributed by atoms with Gasteiger partial charge in [0.25, 0.3) is 5.91 Å². The minimum atomic E-state index is 0.107. The molecule has 1 aromatic carbocycles. The lowest BCUT2D eigenvalue weighted by Crippen LogP contribution is -2.41. The third-order valence-corrected chi connectivity index (χ3v) is 3.85. The molecule has 0 atom stereocenters. The van der Waals surface area contributed by atoms with Crippen LogP contribution >= 0.6 is 0 Å². The Morgan fingerprint density at radius 3 is 2.40 bits per heavy atom. The molecule has 0 radical (unpaired) electrons. The van der Waals surface area contributed by atoms with Crippen LogP contribution in [0, 0.1) is 17.2 Å². The van der Waals surface area contributed by atoms with E-state index in [9.17, 15) is 4.79 Å². The first-order chi connectivity index (χ1) is 9.61. The van der Waals surface area contributed by atoms with Gasteiger partial charge in [0.15, 0.2) is 0 Å². The van der Waals surface area contributed by atoms with Crippen LogP contribution in [-0.4, -0.2) is 23.4 Å². The van der Waals surface area contributed by atoms with Crippen LogP contribution in [0.2, 0.25) is 0 Å². The summed E-state index contributed by atoms with van der Waals surface area (Å²) in [6, 6.07) is 9.44. The van der Waals surface area contributed by atoms with Gasteiger partial charge in [0.1, 0.15) is 0 Å². The van der Waals surface area contributed by atoms with Crippen LogP contribution in [0.3, 0.4) is 0 Å². The number of hydrogen-bond donors (Lipinski definition) is 0. The first-order valence-corrected chi connectivity index (χ1v) is 7.43. The summed E-state index contributed by atoms with van der Waals surface area (Å²) in [5, 5.41) is 8.82. The molecule has 1 aromatic rings. The van der Waals surface area contributed by atoms with Crippen molar-refractivity contribution in [3.8, 4) is 6.07 Å². The van der Waals surface area contributed by atoms with Crippen LogP contribution in [0.5, 0.6) is 0 Å². The third kappa shape index (κ3) is 3.39. The summed E-state index contributed by atoms with van der Waals surface area (Å²) in [6.07, 6.45) is 4.68. The molecule has 1 aliphatic carbocycles. The zero-order chi connectivity index (χ0) is 14.5. The van der Waals surface area contributed by atoms with Crippen molar-refractivity contribution in [3.05, 3.63) is 35.4 Å². The zero-order valence-electron chi connectivity index (χ0n) is 12.3. The van der Waals surface area contributed by atoms with Crippen molar-refractivity contribution in [1.29, 1.82) is 5.26 Å². The van der Waals surface area contributed by atoms with Gasteiger partial charge in [-0.05, 0) is 43.0 Å². The fourth-order valence-electron chi connectivity index (χ4n) is 2.86. The Labute approximate surface area is 121 Å². The fourth-order valence-corrected chi connectivity index (χ4v) is 2.86. The zero-order valence-corrected chi connectivity index (χ0v) is 12.3. The van der Waals surface area contributed by atoms with Crippen LogP contribution in [0.25, 0.3) is 0 Å². The first-order valence-electron chi connectivity index (χ1n) is 7.43. The SMILES string of the molecule is CC(C)CN(C(=O)c1ccc(C#N)cc1)C1CCCC1. The van der Waals surface area contributed by atoms with Crippen molar-refractivity contribution < 1.29 is 4.79 Å². The maximum absolute atomic E-state index is 12.7. The van der Waals surface area contributed by atoms with Gasteiger partial charge in [0.05, 0.1) is 11.6 Å². The predicted octanol–water partition coefficient (Wildman–Crippen LogP) is 3.60. The van der Waals surface area contributed by atoms with Crippen LogP contribution in [0.15, 0.2) is 24.3 Å². The highest BCUT2D eigenvalue weighted by molar-refractivity contribution is 5.94. The van der Waals surface area contributed by atoms with Gasteiger partial charge in [-0.3, -0.25) is 4.79 Å². The van der Waals surface area contributed by atoms with E-state index in [1.54, 1.807) is 24.3 Å². The van der Waals surface area contributed by atoms with E-state index in [4.69, 9.17) is 5.26 Å². The Morgan fingerprint density at radius 2 is 1.90 bits per heavy atom. The van der Waals surface area contributed by atoms with Gasteiger partial charge in [-0.1, -0.05) is 26.7 Å². The minimum absolute atomic E-state index is 0.107. The molecule has 2 rings (SSSR count). The van der Waals surface area contributed by atoms with E-state index in [0.717, 1.165) is 19.4 Å². The molecule has 0 bridgehead atoms. The summed E-state index contributed by atoms with van der Waals surface area (Å²) in [5.74, 6) is 0.577. The molecule has 0 N–H and O–H groups in total. The Hall–Kier alpha value is -1.82. The molecule has 0 spiro atoms. The highest BCUT2D eigenvalue weighted by Gasteiger charge is 2.27. The average Bonchev–Trinajstić information content (AvgIpc) is 2.98. The third-order valence-electron chi connectivity index (χ3n) is 3.85. The second-order valence-corrected chi connectivity index (χ2v) is 5.98. The smallest absolute Gasteiger partial charge is 0.254 e. The molecule has 0 aromatic heterocycles. The van der Waals surface area contributed by atoms with Gasteiger partial charge >= 0.3 is 0 Å². The van der Waals surface area contributed by atoms with Crippen molar-refractivity contribution in [2.75, 3.05) is 6.54 Å². The van der Waals surface area contributed by atoms with Gasteiger partial charge in [0.2, 0.25) is 0 Å². The van der Waals surface area contributed by atoms with Crippen LogP contribution in [-0.2, 0) is 0 Å². The summed E-state index contributed by atoms with van der Waals surface area (Å²) in [7, 11) is 0. The molecular formula is C17H22N2O. The van der Waals surface area contributed by atoms with E-state index in [0.29, 0.717) is 23.1 Å². The summed E-state index contributed by atoms with van der Waals surface area (Å²) >= 11 is 0. The minimum Gasteiger partial charge on any atom is -0.335 e. The molecule has 0 saturated heterocycles. The van der Waals surface area contributed by atoms with Crippen LogP contribution in [0.1, 0.15) is 55.5 Å². The predicted molar refractivity (Wildman–Crippen MR) is 79.3 cm³/mol. The number of carbonyl (C=O) groups is 1. The lowest BCUT2D eigenvalue weighted by atomic mass is 10.1. The van der Waals surface area contributed by atoms with Crippen molar-refractivity contribution in [2.45, 2.75) is 45.6 Å². The molecule has 3 heteroatoms. The highest BCUT2D eigenvalue weighted by atomic mass is 16.2. The maximum atomic E-state index is 12.7. The topological polar surface area (TPSA) is 44.1 Å². The molecule has 0 heterocycles. The van der Waals surface area contributed by atoms with E-state index in [1.165, 1.54) is 12.8 Å². The van der Waals surface area contributed by atoms with Gasteiger partial charge < -0.3 is 4.90 Å². The first kappa shape index (κ1) is 14.6. The number of amides is 1. The molecule has 106 valence electrons. The quantitative estimate of drug-likeness (QED) is 0.839. The van der Waals surface area contributed by atoms with E-state index in [1.807, 2.05) is 4.90 Å². The monoisotopic (exact) mass is 270 g/mol. The molecule has 0 unspecified atom stereocenters. The number of rotatable bonds is 4. The van der Waals surface area contributed by atoms with Crippen LogP contribution in [0.4, 0.5) is 0 Å². The molecule has 1 saturated carbocycles. The van der Waals surface area contributed by atoms with Gasteiger partial charge in [0, 0.05) is 18.2 Å². The Kier molecular flexibility index (Phi) is 4.79. The second-order valence-electron chi connectivity index (χ2n) is 5.98. The molecule has 1 amide bonds. The van der Waals surface area contributed by atoms with E-state index in [2.05, 4.69) is 19.9 Å². The molecule has 20 heavy (non-hydrogen) atoms. The van der Waals surface area contributed by atoms with E-state index < -0.39 is 0 Å². The molecule has 1 aliphatic rings. The van der Waals surface area contributed by atoms with Crippen LogP contribution < -0.4 is 0 Å². The Morgan fingerprint density at radius 1 is 1.30 bits per heavy atom. The summed E-state index contributed by atoms with van der Waals surface area (Å²) in [4.78, 5) is 14.8. The van der Waals surface area contributed by atoms with E-state index >= 15 is 0 Å². The van der Waals surface area contributed by atoms with Gasteiger partial charge in [-0.25, -0.2) is 0 Å².